The molecule has 2 fully saturated rings. The van der Waals surface area contributed by atoms with Crippen LogP contribution >= 0.6 is 23.4 Å². The number of amides is 3. The Morgan fingerprint density at radius 1 is 1.05 bits per heavy atom. The lowest BCUT2D eigenvalue weighted by Gasteiger charge is -2.37. The smallest absolute Gasteiger partial charge is 0.276 e. The number of nitrogens with zero attached hydrogens (tertiary/aromatic N) is 4. The van der Waals surface area contributed by atoms with Gasteiger partial charge in [0.05, 0.1) is 12.1 Å². The number of likely N-dealkylation sites (tertiary alicyclic amines) is 1. The van der Waals surface area contributed by atoms with Gasteiger partial charge >= 0.3 is 0 Å². The summed E-state index contributed by atoms with van der Waals surface area (Å²) in [6.07, 6.45) is 4.22. The van der Waals surface area contributed by atoms with Crippen molar-refractivity contribution in [1.29, 1.82) is 0 Å². The van der Waals surface area contributed by atoms with Crippen molar-refractivity contribution in [2.45, 2.75) is 49.1 Å². The molecule has 1 aromatic carbocycles. The molecule has 1 saturated carbocycles. The molecule has 2 N–H and O–H groups in total. The van der Waals surface area contributed by atoms with Gasteiger partial charge in [-0.3, -0.25) is 24.4 Å². The number of rotatable bonds is 5. The fraction of sp³-hybridized carbons (Fsp3) is 0.519. The number of aliphatic imine (C=N–C) groups is 1. The van der Waals surface area contributed by atoms with Crippen LogP contribution < -0.4 is 10.6 Å². The number of carbonyl (C=O) groups excluding carboxylic acids is 3. The van der Waals surface area contributed by atoms with Gasteiger partial charge < -0.3 is 20.4 Å². The fourth-order valence-electron chi connectivity index (χ4n) is 5.56. The van der Waals surface area contributed by atoms with Crippen LogP contribution in [0.4, 0.5) is 0 Å². The molecule has 3 heterocycles. The second-order valence-corrected chi connectivity index (χ2v) is 12.3. The zero-order valence-corrected chi connectivity index (χ0v) is 23.4. The number of hydrogen-bond acceptors (Lipinski definition) is 7. The van der Waals surface area contributed by atoms with E-state index in [1.54, 1.807) is 43.4 Å². The lowest BCUT2D eigenvalue weighted by Crippen LogP contribution is -2.56. The van der Waals surface area contributed by atoms with Gasteiger partial charge in [0.15, 0.2) is 5.04 Å². The van der Waals surface area contributed by atoms with Gasteiger partial charge in [0, 0.05) is 54.5 Å². The van der Waals surface area contributed by atoms with Crippen LogP contribution in [0.1, 0.15) is 36.2 Å². The predicted molar refractivity (Wildman–Crippen MR) is 151 cm³/mol. The Kier molecular flexibility index (Phi) is 7.93. The van der Waals surface area contributed by atoms with E-state index in [1.807, 2.05) is 6.07 Å². The highest BCUT2D eigenvalue weighted by molar-refractivity contribution is 8.16. The lowest BCUT2D eigenvalue weighted by molar-refractivity contribution is -0.134. The zero-order chi connectivity index (χ0) is 27.0. The molecule has 11 heteroatoms. The SMILES string of the molecule is CN1CCC2N=C(C(=O)N[C@@H]3C[C@@H](C(=O)N(C)C)CC[C@@H]3NC(=O)c3cc4ccc(Cl)cc4cn3)SC2C1. The molecule has 1 aromatic heterocycles. The van der Waals surface area contributed by atoms with Gasteiger partial charge in [0.1, 0.15) is 5.69 Å². The van der Waals surface area contributed by atoms with Crippen LogP contribution in [0, 0.1) is 5.92 Å². The van der Waals surface area contributed by atoms with E-state index in [0.29, 0.717) is 35.0 Å². The maximum Gasteiger partial charge on any atom is 0.276 e. The Hall–Kier alpha value is -2.69. The number of nitrogens with one attached hydrogen (secondary N) is 2. The molecule has 2 aliphatic heterocycles. The Morgan fingerprint density at radius 3 is 2.63 bits per heavy atom. The zero-order valence-electron chi connectivity index (χ0n) is 21.8. The minimum atomic E-state index is -0.401. The monoisotopic (exact) mass is 556 g/mol. The number of hydrogen-bond donors (Lipinski definition) is 2. The third-order valence-corrected chi connectivity index (χ3v) is 9.17. The van der Waals surface area contributed by atoms with E-state index in [9.17, 15) is 14.4 Å². The van der Waals surface area contributed by atoms with Crippen molar-refractivity contribution in [3.8, 4) is 0 Å². The first kappa shape index (κ1) is 26.9. The third-order valence-electron chi connectivity index (χ3n) is 7.66. The highest BCUT2D eigenvalue weighted by atomic mass is 35.5. The summed E-state index contributed by atoms with van der Waals surface area (Å²) in [6, 6.07) is 6.60. The van der Waals surface area contributed by atoms with Crippen LogP contribution in [0.2, 0.25) is 5.02 Å². The first-order chi connectivity index (χ1) is 18.2. The highest BCUT2D eigenvalue weighted by Crippen LogP contribution is 2.33. The summed E-state index contributed by atoms with van der Waals surface area (Å²) < 4.78 is 0. The average Bonchev–Trinajstić information content (AvgIpc) is 3.32. The Morgan fingerprint density at radius 2 is 1.84 bits per heavy atom. The van der Waals surface area contributed by atoms with E-state index in [2.05, 4.69) is 27.6 Å². The largest absolute Gasteiger partial charge is 0.349 e. The van der Waals surface area contributed by atoms with Crippen molar-refractivity contribution < 1.29 is 14.4 Å². The van der Waals surface area contributed by atoms with Gasteiger partial charge in [-0.25, -0.2) is 0 Å². The second-order valence-electron chi connectivity index (χ2n) is 10.7. The van der Waals surface area contributed by atoms with Crippen molar-refractivity contribution in [3.63, 3.8) is 0 Å². The van der Waals surface area contributed by atoms with E-state index in [4.69, 9.17) is 16.6 Å². The minimum absolute atomic E-state index is 0.0329. The van der Waals surface area contributed by atoms with Crippen molar-refractivity contribution in [3.05, 3.63) is 41.2 Å². The number of carbonyl (C=O) groups is 3. The standard InChI is InChI=1S/C27H33ClN6O3S/c1-33(2)27(37)16-5-7-19(30-24(35)22-11-15-4-6-18(28)10-17(15)13-29-22)21(12-16)31-25(36)26-32-20-8-9-34(3)14-23(20)38-26/h4,6,10-11,13,16,19-21,23H,5,7-9,12,14H2,1-3H3,(H,30,35)(H,31,36)/t16-,19-,20?,21+,23?/m0/s1. The topological polar surface area (TPSA) is 107 Å². The van der Waals surface area contributed by atoms with Gasteiger partial charge in [-0.2, -0.15) is 0 Å². The Balaban J connectivity index is 1.31. The molecule has 3 amide bonds. The molecule has 0 spiro atoms. The van der Waals surface area contributed by atoms with Crippen LogP contribution in [-0.4, -0.2) is 95.2 Å². The van der Waals surface area contributed by atoms with E-state index in [1.165, 1.54) is 11.8 Å². The molecule has 5 rings (SSSR count). The van der Waals surface area contributed by atoms with Crippen molar-refractivity contribution >= 4 is 56.9 Å². The van der Waals surface area contributed by atoms with Crippen LogP contribution in [0.5, 0.6) is 0 Å². The normalized spacial score (nSPS) is 27.4. The molecule has 9 nitrogen and oxygen atoms in total. The fourth-order valence-corrected chi connectivity index (χ4v) is 7.07. The quantitative estimate of drug-likeness (QED) is 0.586. The number of pyridine rings is 1. The van der Waals surface area contributed by atoms with Gasteiger partial charge in [0.2, 0.25) is 5.91 Å². The van der Waals surface area contributed by atoms with Crippen molar-refractivity contribution in [1.82, 2.24) is 25.4 Å². The molecule has 1 aliphatic carbocycles. The van der Waals surface area contributed by atoms with Gasteiger partial charge in [0.25, 0.3) is 11.8 Å². The Labute approximate surface area is 231 Å². The summed E-state index contributed by atoms with van der Waals surface area (Å²) in [7, 11) is 5.57. The van der Waals surface area contributed by atoms with Crippen molar-refractivity contribution in [2.75, 3.05) is 34.2 Å². The number of halogens is 1. The van der Waals surface area contributed by atoms with Gasteiger partial charge in [-0.05, 0) is 62.9 Å². The molecule has 2 unspecified atom stereocenters. The molecule has 202 valence electrons. The maximum absolute atomic E-state index is 13.3. The lowest BCUT2D eigenvalue weighted by atomic mass is 9.81. The molecule has 38 heavy (non-hydrogen) atoms. The first-order valence-corrected chi connectivity index (χ1v) is 14.2. The van der Waals surface area contributed by atoms with Crippen molar-refractivity contribution in [2.24, 2.45) is 10.9 Å². The molecule has 1 saturated heterocycles. The molecule has 2 aromatic rings. The number of aromatic nitrogens is 1. The van der Waals surface area contributed by atoms with Gasteiger partial charge in [-0.1, -0.05) is 29.4 Å². The predicted octanol–water partition coefficient (Wildman–Crippen LogP) is 2.58. The third kappa shape index (κ3) is 5.82. The summed E-state index contributed by atoms with van der Waals surface area (Å²) in [4.78, 5) is 52.2. The number of thioether (sulfide) groups is 1. The summed E-state index contributed by atoms with van der Waals surface area (Å²) >= 11 is 7.60. The molecule has 5 atom stereocenters. The summed E-state index contributed by atoms with van der Waals surface area (Å²) in [5, 5.41) is 9.31. The first-order valence-electron chi connectivity index (χ1n) is 13.0. The van der Waals surface area contributed by atoms with Gasteiger partial charge in [-0.15, -0.1) is 0 Å². The summed E-state index contributed by atoms with van der Waals surface area (Å²) in [5.41, 5.74) is 0.292. The summed E-state index contributed by atoms with van der Waals surface area (Å²) in [6.45, 7) is 1.88. The average molecular weight is 557 g/mol. The molecular weight excluding hydrogens is 524 g/mol. The van der Waals surface area contributed by atoms with Crippen LogP contribution in [0.25, 0.3) is 10.8 Å². The number of fused-ring (bicyclic) bond motifs is 2. The minimum Gasteiger partial charge on any atom is -0.349 e. The molecular formula is C27H33ClN6O3S. The van der Waals surface area contributed by atoms with E-state index < -0.39 is 6.04 Å². The van der Waals surface area contributed by atoms with E-state index >= 15 is 0 Å². The van der Waals surface area contributed by atoms with E-state index in [0.717, 1.165) is 30.3 Å². The summed E-state index contributed by atoms with van der Waals surface area (Å²) in [5.74, 6) is -0.730. The van der Waals surface area contributed by atoms with Crippen LogP contribution in [-0.2, 0) is 9.59 Å². The van der Waals surface area contributed by atoms with Crippen LogP contribution in [0.15, 0.2) is 35.5 Å². The maximum atomic E-state index is 13.3. The molecule has 0 radical (unpaired) electrons. The van der Waals surface area contributed by atoms with Crippen LogP contribution in [0.3, 0.4) is 0 Å². The Bertz CT molecular complexity index is 1290. The molecule has 0 bridgehead atoms. The number of piperidine rings is 1. The molecule has 3 aliphatic rings. The highest BCUT2D eigenvalue weighted by Gasteiger charge is 2.40. The van der Waals surface area contributed by atoms with E-state index in [-0.39, 0.29) is 41.0 Å². The number of benzene rings is 1. The second kappa shape index (κ2) is 11.2.